The molecule has 1 amide bonds. The Morgan fingerprint density at radius 2 is 1.87 bits per heavy atom. The first-order chi connectivity index (χ1) is 6.91. The lowest BCUT2D eigenvalue weighted by molar-refractivity contribution is -0.134. The van der Waals surface area contributed by atoms with Gasteiger partial charge in [-0.25, -0.2) is 4.98 Å². The van der Waals surface area contributed by atoms with Crippen molar-refractivity contribution in [2.45, 2.75) is 20.8 Å². The van der Waals surface area contributed by atoms with Crippen LogP contribution in [-0.2, 0) is 9.59 Å². The van der Waals surface area contributed by atoms with Crippen LogP contribution in [0.2, 0.25) is 0 Å². The molecule has 0 radical (unpaired) electrons. The van der Waals surface area contributed by atoms with Crippen LogP contribution in [0, 0.1) is 6.92 Å². The average molecular weight is 210 g/mol. The highest BCUT2D eigenvalue weighted by Gasteiger charge is 1.94. The SMILES string of the molecule is CC(=O)Nc1cccc(C)n1.CC(=O)O. The summed E-state index contributed by atoms with van der Waals surface area (Å²) in [6, 6.07) is 5.49. The van der Waals surface area contributed by atoms with Crippen molar-refractivity contribution in [3.05, 3.63) is 23.9 Å². The highest BCUT2D eigenvalue weighted by molar-refractivity contribution is 5.87. The average Bonchev–Trinajstić information content (AvgIpc) is 2.00. The fourth-order valence-corrected chi connectivity index (χ4v) is 0.793. The highest BCUT2D eigenvalue weighted by atomic mass is 16.4. The third-order valence-electron chi connectivity index (χ3n) is 1.19. The molecule has 1 rings (SSSR count). The van der Waals surface area contributed by atoms with Crippen LogP contribution in [0.4, 0.5) is 5.82 Å². The monoisotopic (exact) mass is 210 g/mol. The van der Waals surface area contributed by atoms with Crippen LogP contribution < -0.4 is 5.32 Å². The van der Waals surface area contributed by atoms with Gasteiger partial charge in [-0.05, 0) is 19.1 Å². The summed E-state index contributed by atoms with van der Waals surface area (Å²) in [5, 5.41) is 10.0. The number of aliphatic carboxylic acids is 1. The minimum Gasteiger partial charge on any atom is -0.481 e. The van der Waals surface area contributed by atoms with Crippen molar-refractivity contribution >= 4 is 17.7 Å². The van der Waals surface area contributed by atoms with E-state index in [0.29, 0.717) is 5.82 Å². The second-order valence-corrected chi connectivity index (χ2v) is 2.86. The Morgan fingerprint density at radius 3 is 2.27 bits per heavy atom. The lowest BCUT2D eigenvalue weighted by Gasteiger charge is -1.99. The van der Waals surface area contributed by atoms with Crippen LogP contribution in [0.1, 0.15) is 19.5 Å². The van der Waals surface area contributed by atoms with Gasteiger partial charge in [0, 0.05) is 19.5 Å². The topological polar surface area (TPSA) is 79.3 Å². The number of anilines is 1. The van der Waals surface area contributed by atoms with E-state index in [4.69, 9.17) is 9.90 Å². The van der Waals surface area contributed by atoms with E-state index in [1.165, 1.54) is 6.92 Å². The summed E-state index contributed by atoms with van der Waals surface area (Å²) in [6.07, 6.45) is 0. The number of hydrogen-bond donors (Lipinski definition) is 2. The maximum Gasteiger partial charge on any atom is 0.300 e. The Labute approximate surface area is 88.1 Å². The Bertz CT molecular complexity index is 346. The smallest absolute Gasteiger partial charge is 0.300 e. The van der Waals surface area contributed by atoms with Crippen LogP contribution in [0.25, 0.3) is 0 Å². The van der Waals surface area contributed by atoms with Crippen LogP contribution in [0.3, 0.4) is 0 Å². The van der Waals surface area contributed by atoms with Crippen LogP contribution >= 0.6 is 0 Å². The number of aromatic nitrogens is 1. The molecule has 2 N–H and O–H groups in total. The van der Waals surface area contributed by atoms with E-state index < -0.39 is 5.97 Å². The second-order valence-electron chi connectivity index (χ2n) is 2.86. The Kier molecular flexibility index (Phi) is 5.70. The molecule has 0 unspecified atom stereocenters. The summed E-state index contributed by atoms with van der Waals surface area (Å²) in [6.45, 7) is 4.43. The van der Waals surface area contributed by atoms with Crippen molar-refractivity contribution in [2.24, 2.45) is 0 Å². The third-order valence-corrected chi connectivity index (χ3v) is 1.19. The summed E-state index contributed by atoms with van der Waals surface area (Å²) < 4.78 is 0. The first-order valence-electron chi connectivity index (χ1n) is 4.32. The maximum atomic E-state index is 10.6. The molecule has 0 spiro atoms. The molecule has 0 saturated heterocycles. The molecular weight excluding hydrogens is 196 g/mol. The molecule has 1 aromatic rings. The Hall–Kier alpha value is -1.91. The van der Waals surface area contributed by atoms with Gasteiger partial charge in [0.15, 0.2) is 0 Å². The molecule has 1 aromatic heterocycles. The molecule has 15 heavy (non-hydrogen) atoms. The maximum absolute atomic E-state index is 10.6. The van der Waals surface area contributed by atoms with Gasteiger partial charge < -0.3 is 10.4 Å². The van der Waals surface area contributed by atoms with Gasteiger partial charge in [0.25, 0.3) is 5.97 Å². The molecule has 5 nitrogen and oxygen atoms in total. The van der Waals surface area contributed by atoms with Gasteiger partial charge >= 0.3 is 0 Å². The van der Waals surface area contributed by atoms with Crippen LogP contribution in [0.15, 0.2) is 18.2 Å². The number of amides is 1. The van der Waals surface area contributed by atoms with Crippen molar-refractivity contribution in [3.63, 3.8) is 0 Å². The zero-order chi connectivity index (χ0) is 11.8. The van der Waals surface area contributed by atoms with Crippen molar-refractivity contribution in [1.29, 1.82) is 0 Å². The number of carboxylic acid groups (broad SMARTS) is 1. The third kappa shape index (κ3) is 8.42. The minimum absolute atomic E-state index is 0.0944. The van der Waals surface area contributed by atoms with Gasteiger partial charge in [0.2, 0.25) is 5.91 Å². The van der Waals surface area contributed by atoms with Gasteiger partial charge in [-0.2, -0.15) is 0 Å². The Balaban J connectivity index is 0.000000423. The van der Waals surface area contributed by atoms with E-state index in [1.54, 1.807) is 6.07 Å². The van der Waals surface area contributed by atoms with Crippen molar-refractivity contribution in [1.82, 2.24) is 4.98 Å². The molecular formula is C10H14N2O3. The summed E-state index contributed by atoms with van der Waals surface area (Å²) in [4.78, 5) is 23.7. The molecule has 0 atom stereocenters. The predicted molar refractivity (Wildman–Crippen MR) is 56.6 cm³/mol. The number of carbonyl (C=O) groups is 2. The van der Waals surface area contributed by atoms with E-state index >= 15 is 0 Å². The fraction of sp³-hybridized carbons (Fsp3) is 0.300. The number of carboxylic acids is 1. The molecule has 82 valence electrons. The van der Waals surface area contributed by atoms with Gasteiger partial charge in [0.05, 0.1) is 0 Å². The zero-order valence-electron chi connectivity index (χ0n) is 8.94. The van der Waals surface area contributed by atoms with E-state index in [1.807, 2.05) is 19.1 Å². The van der Waals surface area contributed by atoms with Gasteiger partial charge in [-0.3, -0.25) is 9.59 Å². The number of carbonyl (C=O) groups excluding carboxylic acids is 1. The van der Waals surface area contributed by atoms with Gasteiger partial charge in [-0.15, -0.1) is 0 Å². The number of nitrogens with one attached hydrogen (secondary N) is 1. The zero-order valence-corrected chi connectivity index (χ0v) is 8.94. The number of aryl methyl sites for hydroxylation is 1. The Morgan fingerprint density at radius 1 is 1.33 bits per heavy atom. The quantitative estimate of drug-likeness (QED) is 0.735. The molecule has 0 fully saturated rings. The largest absolute Gasteiger partial charge is 0.481 e. The molecule has 5 heteroatoms. The summed E-state index contributed by atoms with van der Waals surface area (Å²) in [5.74, 6) is -0.319. The molecule has 0 aliphatic heterocycles. The summed E-state index contributed by atoms with van der Waals surface area (Å²) in [7, 11) is 0. The molecule has 0 aliphatic carbocycles. The van der Waals surface area contributed by atoms with Crippen molar-refractivity contribution in [3.8, 4) is 0 Å². The van der Waals surface area contributed by atoms with Gasteiger partial charge in [-0.1, -0.05) is 6.07 Å². The second kappa shape index (κ2) is 6.53. The molecule has 0 bridgehead atoms. The van der Waals surface area contributed by atoms with Crippen molar-refractivity contribution < 1.29 is 14.7 Å². The van der Waals surface area contributed by atoms with E-state index in [-0.39, 0.29) is 5.91 Å². The highest BCUT2D eigenvalue weighted by Crippen LogP contribution is 2.02. The summed E-state index contributed by atoms with van der Waals surface area (Å²) in [5.41, 5.74) is 0.899. The van der Waals surface area contributed by atoms with Crippen LogP contribution in [-0.4, -0.2) is 22.0 Å². The molecule has 0 aliphatic rings. The lowest BCUT2D eigenvalue weighted by atomic mass is 10.4. The number of pyridine rings is 1. The predicted octanol–water partition coefficient (Wildman–Crippen LogP) is 1.44. The van der Waals surface area contributed by atoms with E-state index in [0.717, 1.165) is 12.6 Å². The standard InChI is InChI=1S/C8H10N2O.C2H4O2/c1-6-4-3-5-8(9-6)10-7(2)11;1-2(3)4/h3-5H,1-2H3,(H,9,10,11);1H3,(H,3,4). The number of hydrogen-bond acceptors (Lipinski definition) is 3. The number of nitrogens with zero attached hydrogens (tertiary/aromatic N) is 1. The van der Waals surface area contributed by atoms with E-state index in [2.05, 4.69) is 10.3 Å². The van der Waals surface area contributed by atoms with Crippen LogP contribution in [0.5, 0.6) is 0 Å². The first-order valence-corrected chi connectivity index (χ1v) is 4.32. The number of rotatable bonds is 1. The van der Waals surface area contributed by atoms with Gasteiger partial charge in [0.1, 0.15) is 5.82 Å². The molecule has 1 heterocycles. The minimum atomic E-state index is -0.833. The molecule has 0 saturated carbocycles. The first kappa shape index (κ1) is 13.1. The fourth-order valence-electron chi connectivity index (χ4n) is 0.793. The molecule has 0 aromatic carbocycles. The normalized spacial score (nSPS) is 8.47. The summed E-state index contributed by atoms with van der Waals surface area (Å²) >= 11 is 0. The van der Waals surface area contributed by atoms with Crippen molar-refractivity contribution in [2.75, 3.05) is 5.32 Å². The lowest BCUT2D eigenvalue weighted by Crippen LogP contribution is -2.07. The van der Waals surface area contributed by atoms with E-state index in [9.17, 15) is 4.79 Å².